The molecule has 0 aromatic carbocycles. The van der Waals surface area contributed by atoms with Crippen LogP contribution in [0.1, 0.15) is 32.1 Å². The van der Waals surface area contributed by atoms with Gasteiger partial charge in [-0.25, -0.2) is 9.59 Å². The molecular formula is C12H24N2O4S. The topological polar surface area (TPSA) is 98.7 Å². The first-order chi connectivity index (χ1) is 9.11. The van der Waals surface area contributed by atoms with Crippen LogP contribution in [-0.2, 0) is 4.79 Å². The third-order valence-corrected chi connectivity index (χ3v) is 3.28. The van der Waals surface area contributed by atoms with Crippen LogP contribution in [0.15, 0.2) is 0 Å². The van der Waals surface area contributed by atoms with E-state index < -0.39 is 18.0 Å². The van der Waals surface area contributed by atoms with Crippen molar-refractivity contribution in [3.8, 4) is 0 Å². The van der Waals surface area contributed by atoms with Crippen molar-refractivity contribution >= 4 is 23.8 Å². The minimum atomic E-state index is -1.14. The van der Waals surface area contributed by atoms with Crippen LogP contribution in [-0.4, -0.2) is 53.4 Å². The van der Waals surface area contributed by atoms with E-state index in [0.717, 1.165) is 25.0 Å². The molecule has 0 aromatic heterocycles. The Bertz CT molecular complexity index is 264. The minimum absolute atomic E-state index is 0.0113. The van der Waals surface area contributed by atoms with Crippen LogP contribution in [0.3, 0.4) is 0 Å². The molecule has 0 spiro atoms. The molecule has 0 aliphatic carbocycles. The molecule has 0 unspecified atom stereocenters. The van der Waals surface area contributed by atoms with Gasteiger partial charge < -0.3 is 20.8 Å². The highest BCUT2D eigenvalue weighted by Gasteiger charge is 2.18. The number of aliphatic carboxylic acids is 1. The van der Waals surface area contributed by atoms with Crippen LogP contribution in [0.4, 0.5) is 4.79 Å². The Hall–Kier alpha value is -0.950. The third kappa shape index (κ3) is 10.6. The minimum Gasteiger partial charge on any atom is -0.480 e. The Balaban J connectivity index is 3.60. The van der Waals surface area contributed by atoms with E-state index in [1.807, 2.05) is 11.8 Å². The molecule has 2 amide bonds. The van der Waals surface area contributed by atoms with Crippen LogP contribution < -0.4 is 10.6 Å². The van der Waals surface area contributed by atoms with Gasteiger partial charge in [0, 0.05) is 19.6 Å². The molecule has 0 aromatic rings. The average Bonchev–Trinajstić information content (AvgIpc) is 2.37. The van der Waals surface area contributed by atoms with E-state index in [-0.39, 0.29) is 13.0 Å². The highest BCUT2D eigenvalue weighted by atomic mass is 32.2. The standard InChI is InChI=1S/C12H24N2O4S/c1-19-9-5-3-2-4-7-13-12(18)14-10(6-8-15)11(16)17/h10,15H,2-9H2,1H3,(H,16,17)(H2,13,14,18)/t10-/m0/s1. The molecule has 0 saturated carbocycles. The fourth-order valence-electron chi connectivity index (χ4n) is 1.52. The van der Waals surface area contributed by atoms with Crippen molar-refractivity contribution in [2.45, 2.75) is 38.1 Å². The molecule has 0 aliphatic heterocycles. The lowest BCUT2D eigenvalue weighted by Gasteiger charge is -2.13. The highest BCUT2D eigenvalue weighted by Crippen LogP contribution is 2.03. The second-order valence-corrected chi connectivity index (χ2v) is 5.20. The number of aliphatic hydroxyl groups excluding tert-OH is 1. The summed E-state index contributed by atoms with van der Waals surface area (Å²) in [5, 5.41) is 22.4. The zero-order chi connectivity index (χ0) is 14.5. The predicted molar refractivity (Wildman–Crippen MR) is 76.5 cm³/mol. The zero-order valence-electron chi connectivity index (χ0n) is 11.4. The first-order valence-electron chi connectivity index (χ1n) is 6.48. The van der Waals surface area contributed by atoms with Crippen molar-refractivity contribution in [2.75, 3.05) is 25.2 Å². The van der Waals surface area contributed by atoms with E-state index in [9.17, 15) is 9.59 Å². The SMILES string of the molecule is CSCCCCCCNC(=O)N[C@@H](CCO)C(=O)O. The summed E-state index contributed by atoms with van der Waals surface area (Å²) in [4.78, 5) is 22.1. The Morgan fingerprint density at radius 1 is 1.21 bits per heavy atom. The summed E-state index contributed by atoms with van der Waals surface area (Å²) in [5.41, 5.74) is 0. The molecule has 0 aliphatic rings. The number of amides is 2. The van der Waals surface area contributed by atoms with Crippen LogP contribution in [0.25, 0.3) is 0 Å². The fourth-order valence-corrected chi connectivity index (χ4v) is 2.02. The van der Waals surface area contributed by atoms with Crippen LogP contribution in [0.2, 0.25) is 0 Å². The summed E-state index contributed by atoms with van der Waals surface area (Å²) in [7, 11) is 0. The molecule has 7 heteroatoms. The van der Waals surface area contributed by atoms with Crippen molar-refractivity contribution in [2.24, 2.45) is 0 Å². The predicted octanol–water partition coefficient (Wildman–Crippen LogP) is 1.04. The van der Waals surface area contributed by atoms with Gasteiger partial charge in [-0.15, -0.1) is 0 Å². The lowest BCUT2D eigenvalue weighted by Crippen LogP contribution is -2.46. The maximum Gasteiger partial charge on any atom is 0.326 e. The number of rotatable bonds is 11. The molecule has 112 valence electrons. The molecule has 0 fully saturated rings. The molecule has 19 heavy (non-hydrogen) atoms. The lowest BCUT2D eigenvalue weighted by atomic mass is 10.2. The molecule has 0 saturated heterocycles. The maximum atomic E-state index is 11.4. The molecule has 0 heterocycles. The summed E-state index contributed by atoms with van der Waals surface area (Å²) in [5.74, 6) is 0.0244. The van der Waals surface area contributed by atoms with E-state index in [4.69, 9.17) is 10.2 Å². The first kappa shape index (κ1) is 18.0. The molecule has 0 radical (unpaired) electrons. The van der Waals surface area contributed by atoms with E-state index >= 15 is 0 Å². The number of carboxylic acids is 1. The first-order valence-corrected chi connectivity index (χ1v) is 7.88. The molecular weight excluding hydrogens is 268 g/mol. The summed E-state index contributed by atoms with van der Waals surface area (Å²) in [6, 6.07) is -1.53. The van der Waals surface area contributed by atoms with E-state index in [0.29, 0.717) is 6.54 Å². The number of unbranched alkanes of at least 4 members (excludes halogenated alkanes) is 3. The summed E-state index contributed by atoms with van der Waals surface area (Å²) < 4.78 is 0. The Labute approximate surface area is 118 Å². The number of carboxylic acid groups (broad SMARTS) is 1. The molecule has 1 atom stereocenters. The number of carbonyl (C=O) groups excluding carboxylic acids is 1. The van der Waals surface area contributed by atoms with E-state index in [1.54, 1.807) is 0 Å². The van der Waals surface area contributed by atoms with Crippen LogP contribution in [0.5, 0.6) is 0 Å². The van der Waals surface area contributed by atoms with Gasteiger partial charge in [0.25, 0.3) is 0 Å². The highest BCUT2D eigenvalue weighted by molar-refractivity contribution is 7.98. The number of hydrogen-bond donors (Lipinski definition) is 4. The van der Waals surface area contributed by atoms with Crippen molar-refractivity contribution in [1.82, 2.24) is 10.6 Å². The van der Waals surface area contributed by atoms with Gasteiger partial charge in [0.2, 0.25) is 0 Å². The largest absolute Gasteiger partial charge is 0.480 e. The average molecular weight is 292 g/mol. The summed E-state index contributed by atoms with van der Waals surface area (Å²) >= 11 is 1.83. The zero-order valence-corrected chi connectivity index (χ0v) is 12.2. The lowest BCUT2D eigenvalue weighted by molar-refractivity contribution is -0.139. The van der Waals surface area contributed by atoms with Gasteiger partial charge in [-0.2, -0.15) is 11.8 Å². The number of hydrogen-bond acceptors (Lipinski definition) is 4. The van der Waals surface area contributed by atoms with Gasteiger partial charge in [-0.1, -0.05) is 12.8 Å². The van der Waals surface area contributed by atoms with Crippen LogP contribution >= 0.6 is 11.8 Å². The fraction of sp³-hybridized carbons (Fsp3) is 0.833. The Morgan fingerprint density at radius 2 is 1.89 bits per heavy atom. The second-order valence-electron chi connectivity index (χ2n) is 4.21. The van der Waals surface area contributed by atoms with Crippen molar-refractivity contribution in [3.63, 3.8) is 0 Å². The molecule has 4 N–H and O–H groups in total. The van der Waals surface area contributed by atoms with E-state index in [2.05, 4.69) is 16.9 Å². The van der Waals surface area contributed by atoms with Gasteiger partial charge in [-0.05, 0) is 24.9 Å². The number of nitrogens with one attached hydrogen (secondary N) is 2. The van der Waals surface area contributed by atoms with Crippen molar-refractivity contribution in [3.05, 3.63) is 0 Å². The van der Waals surface area contributed by atoms with Gasteiger partial charge in [0.15, 0.2) is 0 Å². The Morgan fingerprint density at radius 3 is 2.47 bits per heavy atom. The number of carbonyl (C=O) groups is 2. The Kier molecular flexibility index (Phi) is 11.5. The van der Waals surface area contributed by atoms with Crippen molar-refractivity contribution < 1.29 is 19.8 Å². The van der Waals surface area contributed by atoms with Gasteiger partial charge in [-0.3, -0.25) is 0 Å². The third-order valence-electron chi connectivity index (χ3n) is 2.58. The maximum absolute atomic E-state index is 11.4. The van der Waals surface area contributed by atoms with Crippen LogP contribution in [0, 0.1) is 0 Å². The quantitative estimate of drug-likeness (QED) is 0.427. The smallest absolute Gasteiger partial charge is 0.326 e. The number of urea groups is 1. The van der Waals surface area contributed by atoms with Gasteiger partial charge >= 0.3 is 12.0 Å². The second kappa shape index (κ2) is 12.1. The number of aliphatic hydroxyl groups is 1. The molecule has 0 rings (SSSR count). The summed E-state index contributed by atoms with van der Waals surface area (Å²) in [6.45, 7) is 0.267. The monoisotopic (exact) mass is 292 g/mol. The summed E-state index contributed by atoms with van der Waals surface area (Å²) in [6.07, 6.45) is 6.37. The number of thioether (sulfide) groups is 1. The van der Waals surface area contributed by atoms with Gasteiger partial charge in [0.05, 0.1) is 0 Å². The molecule has 6 nitrogen and oxygen atoms in total. The molecule has 0 bridgehead atoms. The van der Waals surface area contributed by atoms with Gasteiger partial charge in [0.1, 0.15) is 6.04 Å². The van der Waals surface area contributed by atoms with E-state index in [1.165, 1.54) is 6.42 Å². The normalized spacial score (nSPS) is 11.9. The van der Waals surface area contributed by atoms with Crippen molar-refractivity contribution in [1.29, 1.82) is 0 Å².